The van der Waals surface area contributed by atoms with E-state index in [1.165, 1.54) is 31.0 Å². The number of hydrogen-bond acceptors (Lipinski definition) is 4. The van der Waals surface area contributed by atoms with E-state index in [0.29, 0.717) is 32.6 Å². The summed E-state index contributed by atoms with van der Waals surface area (Å²) in [4.78, 5) is 32.4. The van der Waals surface area contributed by atoms with Crippen LogP contribution in [0.25, 0.3) is 0 Å². The molecule has 1 aromatic heterocycles. The molecule has 0 atom stereocenters. The lowest BCUT2D eigenvalue weighted by Crippen LogP contribution is -2.29. The number of benzene rings is 2. The fourth-order valence-electron chi connectivity index (χ4n) is 3.99. The molecule has 4 rings (SSSR count). The molecule has 0 unspecified atom stereocenters. The molecule has 0 saturated carbocycles. The number of hydrogen-bond donors (Lipinski definition) is 1. The number of rotatable bonds is 7. The molecule has 1 aliphatic heterocycles. The molecule has 7 heteroatoms. The molecule has 1 saturated heterocycles. The maximum absolute atomic E-state index is 13.0. The molecule has 34 heavy (non-hydrogen) atoms. The van der Waals surface area contributed by atoms with Crippen LogP contribution in [-0.4, -0.2) is 34.7 Å². The summed E-state index contributed by atoms with van der Waals surface area (Å²) in [5.74, 6) is -0.0709. The van der Waals surface area contributed by atoms with Crippen LogP contribution in [0.3, 0.4) is 0 Å². The molecule has 5 nitrogen and oxygen atoms in total. The molecule has 0 bridgehead atoms. The highest BCUT2D eigenvalue weighted by Crippen LogP contribution is 2.21. The average Bonchev–Trinajstić information content (AvgIpc) is 2.83. The molecule has 1 amide bonds. The third-order valence-electron chi connectivity index (χ3n) is 5.77. The molecule has 1 aliphatic rings. The SMILES string of the molecule is C.O=C(Cc1ccc(Cl)cc1C(=O)Nc1ccc(Cl)cn1)c1ccc(CN2CCCCC2)cc1. The maximum atomic E-state index is 13.0. The summed E-state index contributed by atoms with van der Waals surface area (Å²) in [7, 11) is 0. The number of nitrogens with one attached hydrogen (secondary N) is 1. The van der Waals surface area contributed by atoms with Crippen molar-refractivity contribution in [2.45, 2.75) is 39.7 Å². The van der Waals surface area contributed by atoms with Gasteiger partial charge in [0.1, 0.15) is 5.82 Å². The number of Topliss-reactive ketones (excluding diaryl/α,β-unsaturated/α-hetero) is 1. The van der Waals surface area contributed by atoms with E-state index in [9.17, 15) is 9.59 Å². The van der Waals surface area contributed by atoms with Gasteiger partial charge in [0, 0.05) is 35.3 Å². The summed E-state index contributed by atoms with van der Waals surface area (Å²) in [6.07, 6.45) is 5.36. The second-order valence-electron chi connectivity index (χ2n) is 8.25. The number of amides is 1. The van der Waals surface area contributed by atoms with Crippen LogP contribution in [0.15, 0.2) is 60.8 Å². The molecule has 3 aromatic rings. The van der Waals surface area contributed by atoms with Crippen molar-refractivity contribution in [2.24, 2.45) is 0 Å². The van der Waals surface area contributed by atoms with Crippen molar-refractivity contribution in [3.8, 4) is 0 Å². The Morgan fingerprint density at radius 1 is 0.912 bits per heavy atom. The quantitative estimate of drug-likeness (QED) is 0.369. The zero-order chi connectivity index (χ0) is 23.2. The predicted octanol–water partition coefficient (Wildman–Crippen LogP) is 6.69. The Labute approximate surface area is 211 Å². The molecule has 0 radical (unpaired) electrons. The van der Waals surface area contributed by atoms with E-state index in [2.05, 4.69) is 15.2 Å². The van der Waals surface area contributed by atoms with Gasteiger partial charge in [0.15, 0.2) is 5.78 Å². The predicted molar refractivity (Wildman–Crippen MR) is 139 cm³/mol. The molecule has 0 spiro atoms. The zero-order valence-electron chi connectivity index (χ0n) is 18.2. The summed E-state index contributed by atoms with van der Waals surface area (Å²) < 4.78 is 0. The number of anilines is 1. The molecule has 1 fully saturated rings. The van der Waals surface area contributed by atoms with Gasteiger partial charge in [0.25, 0.3) is 5.91 Å². The number of piperidine rings is 1. The topological polar surface area (TPSA) is 62.3 Å². The summed E-state index contributed by atoms with van der Waals surface area (Å²) in [6.45, 7) is 3.18. The Kier molecular flexibility index (Phi) is 9.22. The Morgan fingerprint density at radius 2 is 1.62 bits per heavy atom. The second kappa shape index (κ2) is 12.1. The van der Waals surface area contributed by atoms with E-state index < -0.39 is 0 Å². The van der Waals surface area contributed by atoms with E-state index in [4.69, 9.17) is 23.2 Å². The van der Waals surface area contributed by atoms with Crippen molar-refractivity contribution >= 4 is 40.7 Å². The van der Waals surface area contributed by atoms with Gasteiger partial charge in [-0.2, -0.15) is 0 Å². The number of ketones is 1. The van der Waals surface area contributed by atoms with Crippen molar-refractivity contribution in [1.82, 2.24) is 9.88 Å². The normalized spacial score (nSPS) is 13.7. The van der Waals surface area contributed by atoms with E-state index in [1.54, 1.807) is 30.3 Å². The van der Waals surface area contributed by atoms with E-state index in [1.807, 2.05) is 24.3 Å². The molecule has 2 aromatic carbocycles. The number of pyridine rings is 1. The smallest absolute Gasteiger partial charge is 0.257 e. The molecule has 2 heterocycles. The summed E-state index contributed by atoms with van der Waals surface area (Å²) >= 11 is 12.0. The minimum absolute atomic E-state index is 0. The highest BCUT2D eigenvalue weighted by molar-refractivity contribution is 6.31. The van der Waals surface area contributed by atoms with Gasteiger partial charge in [-0.15, -0.1) is 0 Å². The fraction of sp³-hybridized carbons (Fsp3) is 0.296. The first kappa shape index (κ1) is 25.9. The van der Waals surface area contributed by atoms with Crippen LogP contribution in [0.4, 0.5) is 5.82 Å². The number of carbonyl (C=O) groups excluding carboxylic acids is 2. The standard InChI is InChI=1S/C26H25Cl2N3O2.CH4/c27-21-9-8-20(23(15-21)26(33)30-25-11-10-22(28)16-29-25)14-24(32)19-6-4-18(5-7-19)17-31-12-2-1-3-13-31;/h4-11,15-16H,1-3,12-14,17H2,(H,29,30,33);1H4. The highest BCUT2D eigenvalue weighted by atomic mass is 35.5. The van der Waals surface area contributed by atoms with E-state index in [0.717, 1.165) is 19.6 Å². The fourth-order valence-corrected chi connectivity index (χ4v) is 4.28. The first-order chi connectivity index (χ1) is 16.0. The monoisotopic (exact) mass is 497 g/mol. The van der Waals surface area contributed by atoms with Crippen LogP contribution in [0, 0.1) is 0 Å². The van der Waals surface area contributed by atoms with Gasteiger partial charge in [0.2, 0.25) is 0 Å². The number of likely N-dealkylation sites (tertiary alicyclic amines) is 1. The number of carbonyl (C=O) groups is 2. The number of aromatic nitrogens is 1. The minimum Gasteiger partial charge on any atom is -0.307 e. The van der Waals surface area contributed by atoms with Gasteiger partial charge in [-0.05, 0) is 61.3 Å². The van der Waals surface area contributed by atoms with Crippen LogP contribution < -0.4 is 5.32 Å². The highest BCUT2D eigenvalue weighted by Gasteiger charge is 2.17. The van der Waals surface area contributed by atoms with Crippen LogP contribution in [0.5, 0.6) is 0 Å². The Bertz CT molecular complexity index is 1130. The largest absolute Gasteiger partial charge is 0.307 e. The molecular formula is C27H29Cl2N3O2. The lowest BCUT2D eigenvalue weighted by Gasteiger charge is -2.26. The Hall–Kier alpha value is -2.73. The lowest BCUT2D eigenvalue weighted by molar-refractivity contribution is 0.0992. The first-order valence-electron chi connectivity index (χ1n) is 11.0. The van der Waals surface area contributed by atoms with Crippen LogP contribution in [-0.2, 0) is 13.0 Å². The summed E-state index contributed by atoms with van der Waals surface area (Å²) in [5, 5.41) is 3.62. The minimum atomic E-state index is -0.382. The third kappa shape index (κ3) is 6.89. The second-order valence-corrected chi connectivity index (χ2v) is 9.12. The number of halogens is 2. The van der Waals surface area contributed by atoms with Crippen molar-refractivity contribution in [3.63, 3.8) is 0 Å². The van der Waals surface area contributed by atoms with Crippen LogP contribution >= 0.6 is 23.2 Å². The van der Waals surface area contributed by atoms with Crippen molar-refractivity contribution in [3.05, 3.63) is 93.1 Å². The lowest BCUT2D eigenvalue weighted by atomic mass is 9.97. The Morgan fingerprint density at radius 3 is 2.29 bits per heavy atom. The molecular weight excluding hydrogens is 469 g/mol. The van der Waals surface area contributed by atoms with E-state index in [-0.39, 0.29) is 25.5 Å². The van der Waals surface area contributed by atoms with Gasteiger partial charge < -0.3 is 5.32 Å². The average molecular weight is 498 g/mol. The van der Waals surface area contributed by atoms with Crippen molar-refractivity contribution in [1.29, 1.82) is 0 Å². The third-order valence-corrected chi connectivity index (χ3v) is 6.23. The molecule has 178 valence electrons. The zero-order valence-corrected chi connectivity index (χ0v) is 19.7. The number of nitrogens with zero attached hydrogens (tertiary/aromatic N) is 2. The maximum Gasteiger partial charge on any atom is 0.257 e. The van der Waals surface area contributed by atoms with Gasteiger partial charge in [-0.25, -0.2) is 4.98 Å². The van der Waals surface area contributed by atoms with E-state index >= 15 is 0 Å². The van der Waals surface area contributed by atoms with Crippen LogP contribution in [0.2, 0.25) is 10.0 Å². The van der Waals surface area contributed by atoms with Crippen molar-refractivity contribution < 1.29 is 9.59 Å². The summed E-state index contributed by atoms with van der Waals surface area (Å²) in [5.41, 5.74) is 2.77. The Balaban J connectivity index is 0.00000324. The van der Waals surface area contributed by atoms with Crippen molar-refractivity contribution in [2.75, 3.05) is 18.4 Å². The van der Waals surface area contributed by atoms with Gasteiger partial charge >= 0.3 is 0 Å². The van der Waals surface area contributed by atoms with Gasteiger partial charge in [-0.3, -0.25) is 14.5 Å². The molecule has 0 aliphatic carbocycles. The van der Waals surface area contributed by atoms with Gasteiger partial charge in [-0.1, -0.05) is 67.4 Å². The van der Waals surface area contributed by atoms with Gasteiger partial charge in [0.05, 0.1) is 5.02 Å². The molecule has 1 N–H and O–H groups in total. The first-order valence-corrected chi connectivity index (χ1v) is 11.8. The van der Waals surface area contributed by atoms with Crippen LogP contribution in [0.1, 0.15) is 58.5 Å². The summed E-state index contributed by atoms with van der Waals surface area (Å²) in [6, 6.07) is 16.0.